The van der Waals surface area contributed by atoms with Gasteiger partial charge in [-0.3, -0.25) is 10.1 Å². The van der Waals surface area contributed by atoms with Gasteiger partial charge >= 0.3 is 0 Å². The molecule has 1 saturated carbocycles. The van der Waals surface area contributed by atoms with E-state index in [2.05, 4.69) is 0 Å². The number of nitro groups is 1. The molecule has 0 spiro atoms. The van der Waals surface area contributed by atoms with Gasteiger partial charge < -0.3 is 5.73 Å². The zero-order valence-electron chi connectivity index (χ0n) is 9.40. The summed E-state index contributed by atoms with van der Waals surface area (Å²) < 4.78 is 0. The summed E-state index contributed by atoms with van der Waals surface area (Å²) in [5.74, 6) is 0. The first-order valence-electron chi connectivity index (χ1n) is 5.55. The molecule has 2 N–H and O–H groups in total. The minimum Gasteiger partial charge on any atom is -0.330 e. The van der Waals surface area contributed by atoms with Gasteiger partial charge in [-0.05, 0) is 25.8 Å². The van der Waals surface area contributed by atoms with Crippen LogP contribution in [0.5, 0.6) is 0 Å². The van der Waals surface area contributed by atoms with Gasteiger partial charge in [0.25, 0.3) is 5.69 Å². The van der Waals surface area contributed by atoms with E-state index in [4.69, 9.17) is 5.73 Å². The van der Waals surface area contributed by atoms with Crippen LogP contribution in [0.4, 0.5) is 5.69 Å². The van der Waals surface area contributed by atoms with E-state index in [0.29, 0.717) is 6.54 Å². The molecule has 0 heterocycles. The predicted octanol–water partition coefficient (Wildman–Crippen LogP) is 2.28. The van der Waals surface area contributed by atoms with Crippen LogP contribution in [-0.2, 0) is 5.41 Å². The molecule has 0 bridgehead atoms. The third-order valence-electron chi connectivity index (χ3n) is 3.62. The number of aryl methyl sites for hydroxylation is 1. The highest BCUT2D eigenvalue weighted by molar-refractivity contribution is 5.48. The van der Waals surface area contributed by atoms with E-state index in [-0.39, 0.29) is 16.0 Å². The molecule has 0 amide bonds. The summed E-state index contributed by atoms with van der Waals surface area (Å²) in [6.45, 7) is 2.45. The van der Waals surface area contributed by atoms with Crippen molar-refractivity contribution < 1.29 is 4.92 Å². The van der Waals surface area contributed by atoms with Gasteiger partial charge in [-0.15, -0.1) is 0 Å². The zero-order chi connectivity index (χ0) is 11.8. The molecule has 4 nitrogen and oxygen atoms in total. The van der Waals surface area contributed by atoms with Crippen molar-refractivity contribution in [3.63, 3.8) is 0 Å². The molecule has 2 rings (SSSR count). The van der Waals surface area contributed by atoms with Crippen molar-refractivity contribution >= 4 is 5.69 Å². The molecule has 0 radical (unpaired) electrons. The van der Waals surface area contributed by atoms with Crippen LogP contribution in [0, 0.1) is 17.0 Å². The SMILES string of the molecule is Cc1ccc([N+](=O)[O-])c(C2(CN)CCC2)c1. The number of nitrogens with two attached hydrogens (primary N) is 1. The van der Waals surface area contributed by atoms with Crippen LogP contribution in [0.2, 0.25) is 0 Å². The molecule has 0 atom stereocenters. The van der Waals surface area contributed by atoms with Gasteiger partial charge in [-0.2, -0.15) is 0 Å². The first-order chi connectivity index (χ1) is 7.59. The van der Waals surface area contributed by atoms with Gasteiger partial charge in [0.05, 0.1) is 4.92 Å². The minimum absolute atomic E-state index is 0.144. The summed E-state index contributed by atoms with van der Waals surface area (Å²) in [6.07, 6.45) is 3.05. The Bertz CT molecular complexity index is 420. The molecule has 4 heteroatoms. The molecule has 0 aliphatic heterocycles. The number of benzene rings is 1. The number of rotatable bonds is 3. The molecule has 1 aliphatic carbocycles. The lowest BCUT2D eigenvalue weighted by atomic mass is 9.64. The molecule has 1 aromatic carbocycles. The molecule has 86 valence electrons. The Morgan fingerprint density at radius 1 is 1.50 bits per heavy atom. The van der Waals surface area contributed by atoms with E-state index in [1.54, 1.807) is 12.1 Å². The largest absolute Gasteiger partial charge is 0.330 e. The maximum absolute atomic E-state index is 11.0. The smallest absolute Gasteiger partial charge is 0.273 e. The van der Waals surface area contributed by atoms with Gasteiger partial charge in [0.1, 0.15) is 0 Å². The van der Waals surface area contributed by atoms with Crippen LogP contribution in [0.1, 0.15) is 30.4 Å². The monoisotopic (exact) mass is 220 g/mol. The lowest BCUT2D eigenvalue weighted by Crippen LogP contribution is -2.42. The van der Waals surface area contributed by atoms with Crippen LogP contribution in [0.15, 0.2) is 18.2 Å². The van der Waals surface area contributed by atoms with Crippen molar-refractivity contribution in [3.05, 3.63) is 39.4 Å². The third-order valence-corrected chi connectivity index (χ3v) is 3.62. The Kier molecular flexibility index (Phi) is 2.68. The lowest BCUT2D eigenvalue weighted by molar-refractivity contribution is -0.386. The van der Waals surface area contributed by atoms with Crippen molar-refractivity contribution in [1.29, 1.82) is 0 Å². The molecule has 0 unspecified atom stereocenters. The minimum atomic E-state index is -0.301. The topological polar surface area (TPSA) is 69.2 Å². The van der Waals surface area contributed by atoms with Gasteiger partial charge in [0.2, 0.25) is 0 Å². The van der Waals surface area contributed by atoms with E-state index in [0.717, 1.165) is 30.4 Å². The van der Waals surface area contributed by atoms with Crippen LogP contribution in [0.25, 0.3) is 0 Å². The molecule has 0 aromatic heterocycles. The first-order valence-corrected chi connectivity index (χ1v) is 5.55. The van der Waals surface area contributed by atoms with E-state index >= 15 is 0 Å². The summed E-state index contributed by atoms with van der Waals surface area (Å²) in [5, 5.41) is 11.0. The fraction of sp³-hybridized carbons (Fsp3) is 0.500. The van der Waals surface area contributed by atoms with E-state index in [1.807, 2.05) is 13.0 Å². The number of hydrogen-bond acceptors (Lipinski definition) is 3. The van der Waals surface area contributed by atoms with E-state index in [9.17, 15) is 10.1 Å². The molecule has 1 aromatic rings. The van der Waals surface area contributed by atoms with Crippen LogP contribution >= 0.6 is 0 Å². The molecule has 0 saturated heterocycles. The maximum Gasteiger partial charge on any atom is 0.273 e. The summed E-state index contributed by atoms with van der Waals surface area (Å²) in [4.78, 5) is 10.7. The van der Waals surface area contributed by atoms with Gasteiger partial charge in [-0.25, -0.2) is 0 Å². The van der Waals surface area contributed by atoms with Crippen molar-refractivity contribution in [1.82, 2.24) is 0 Å². The molecule has 1 fully saturated rings. The Morgan fingerprint density at radius 3 is 2.62 bits per heavy atom. The Balaban J connectivity index is 2.53. The summed E-state index contributed by atoms with van der Waals surface area (Å²) in [6, 6.07) is 5.30. The highest BCUT2D eigenvalue weighted by atomic mass is 16.6. The normalized spacial score (nSPS) is 17.9. The van der Waals surface area contributed by atoms with E-state index in [1.165, 1.54) is 0 Å². The van der Waals surface area contributed by atoms with Crippen molar-refractivity contribution in [2.24, 2.45) is 5.73 Å². The quantitative estimate of drug-likeness (QED) is 0.627. The summed E-state index contributed by atoms with van der Waals surface area (Å²) >= 11 is 0. The van der Waals surface area contributed by atoms with Crippen molar-refractivity contribution in [2.45, 2.75) is 31.6 Å². The highest BCUT2D eigenvalue weighted by Gasteiger charge is 2.41. The van der Waals surface area contributed by atoms with Crippen LogP contribution in [-0.4, -0.2) is 11.5 Å². The highest BCUT2D eigenvalue weighted by Crippen LogP contribution is 2.46. The molecule has 16 heavy (non-hydrogen) atoms. The van der Waals surface area contributed by atoms with Gasteiger partial charge in [0, 0.05) is 23.6 Å². The Labute approximate surface area is 94.6 Å². The molecule has 1 aliphatic rings. The first kappa shape index (κ1) is 11.1. The average molecular weight is 220 g/mol. The second-order valence-corrected chi connectivity index (χ2v) is 4.62. The van der Waals surface area contributed by atoms with Gasteiger partial charge in [0.15, 0.2) is 0 Å². The molecular formula is C12H16N2O2. The number of nitrogens with zero attached hydrogens (tertiary/aromatic N) is 1. The second kappa shape index (κ2) is 3.87. The fourth-order valence-corrected chi connectivity index (χ4v) is 2.42. The Morgan fingerprint density at radius 2 is 2.19 bits per heavy atom. The second-order valence-electron chi connectivity index (χ2n) is 4.62. The predicted molar refractivity (Wildman–Crippen MR) is 62.4 cm³/mol. The number of nitro benzene ring substituents is 1. The van der Waals surface area contributed by atoms with Gasteiger partial charge in [-0.1, -0.05) is 18.1 Å². The molecular weight excluding hydrogens is 204 g/mol. The number of hydrogen-bond donors (Lipinski definition) is 1. The standard InChI is InChI=1S/C12H16N2O2/c1-9-3-4-11(14(15)16)10(7-9)12(8-13)5-2-6-12/h3-4,7H,2,5-6,8,13H2,1H3. The van der Waals surface area contributed by atoms with E-state index < -0.39 is 0 Å². The average Bonchev–Trinajstić information content (AvgIpc) is 2.16. The fourth-order valence-electron chi connectivity index (χ4n) is 2.42. The van der Waals surface area contributed by atoms with Crippen molar-refractivity contribution in [2.75, 3.05) is 6.54 Å². The van der Waals surface area contributed by atoms with Crippen LogP contribution in [0.3, 0.4) is 0 Å². The lowest BCUT2D eigenvalue weighted by Gasteiger charge is -2.41. The summed E-state index contributed by atoms with van der Waals surface area (Å²) in [5.41, 5.74) is 7.75. The third kappa shape index (κ3) is 1.59. The summed E-state index contributed by atoms with van der Waals surface area (Å²) in [7, 11) is 0. The van der Waals surface area contributed by atoms with Crippen molar-refractivity contribution in [3.8, 4) is 0 Å². The Hall–Kier alpha value is -1.42. The van der Waals surface area contributed by atoms with Crippen LogP contribution < -0.4 is 5.73 Å². The maximum atomic E-state index is 11.0. The zero-order valence-corrected chi connectivity index (χ0v) is 9.40.